The van der Waals surface area contributed by atoms with Crippen molar-refractivity contribution in [1.29, 1.82) is 0 Å². The first-order valence-corrected chi connectivity index (χ1v) is 6.01. The first kappa shape index (κ1) is 13.1. The third-order valence-corrected chi connectivity index (χ3v) is 2.67. The Hall–Kier alpha value is -0.940. The zero-order valence-electron chi connectivity index (χ0n) is 9.37. The van der Waals surface area contributed by atoms with Crippen molar-refractivity contribution in [1.82, 2.24) is 4.98 Å². The van der Waals surface area contributed by atoms with E-state index in [9.17, 15) is 4.79 Å². The summed E-state index contributed by atoms with van der Waals surface area (Å²) in [5.74, 6) is 0.356. The van der Waals surface area contributed by atoms with Crippen molar-refractivity contribution in [3.05, 3.63) is 22.8 Å². The highest BCUT2D eigenvalue weighted by Crippen LogP contribution is 2.18. The summed E-state index contributed by atoms with van der Waals surface area (Å²) in [6.07, 6.45) is 1.85. The molecule has 0 aliphatic heterocycles. The molecule has 0 saturated heterocycles. The number of rotatable bonds is 5. The van der Waals surface area contributed by atoms with Crippen LogP contribution in [-0.4, -0.2) is 23.6 Å². The molecule has 1 atom stereocenters. The van der Waals surface area contributed by atoms with Gasteiger partial charge in [-0.05, 0) is 41.4 Å². The van der Waals surface area contributed by atoms with Crippen LogP contribution in [-0.2, 0) is 9.53 Å². The van der Waals surface area contributed by atoms with E-state index in [0.717, 1.165) is 4.47 Å². The van der Waals surface area contributed by atoms with Crippen LogP contribution in [0.5, 0.6) is 0 Å². The van der Waals surface area contributed by atoms with Crippen LogP contribution < -0.4 is 5.32 Å². The topological polar surface area (TPSA) is 51.2 Å². The molecule has 0 aliphatic rings. The summed E-state index contributed by atoms with van der Waals surface area (Å²) in [5.41, 5.74) is 0. The van der Waals surface area contributed by atoms with Crippen LogP contribution >= 0.6 is 15.9 Å². The number of nitrogens with zero attached hydrogens (tertiary/aromatic N) is 1. The van der Waals surface area contributed by atoms with E-state index in [4.69, 9.17) is 4.74 Å². The molecule has 0 unspecified atom stereocenters. The lowest BCUT2D eigenvalue weighted by atomic mass is 10.2. The molecule has 1 aromatic heterocycles. The van der Waals surface area contributed by atoms with Crippen molar-refractivity contribution in [3.63, 3.8) is 0 Å². The Bertz CT molecular complexity index is 358. The zero-order chi connectivity index (χ0) is 12.0. The second-order valence-electron chi connectivity index (χ2n) is 3.18. The van der Waals surface area contributed by atoms with Gasteiger partial charge in [-0.3, -0.25) is 4.79 Å². The number of amides is 1. The number of pyridine rings is 1. The molecule has 1 amide bonds. The van der Waals surface area contributed by atoms with Gasteiger partial charge in [0.05, 0.1) is 4.47 Å². The summed E-state index contributed by atoms with van der Waals surface area (Å²) < 4.78 is 6.07. The minimum absolute atomic E-state index is 0.163. The summed E-state index contributed by atoms with van der Waals surface area (Å²) in [5, 5.41) is 2.72. The number of halogens is 1. The van der Waals surface area contributed by atoms with E-state index in [2.05, 4.69) is 26.2 Å². The van der Waals surface area contributed by atoms with Gasteiger partial charge in [0.25, 0.3) is 5.91 Å². The molecule has 1 aromatic rings. The van der Waals surface area contributed by atoms with Gasteiger partial charge in [-0.1, -0.05) is 6.92 Å². The molecule has 0 bridgehead atoms. The second-order valence-corrected chi connectivity index (χ2v) is 4.03. The predicted molar refractivity (Wildman–Crippen MR) is 66.3 cm³/mol. The quantitative estimate of drug-likeness (QED) is 0.905. The third kappa shape index (κ3) is 3.57. The molecule has 1 N–H and O–H groups in total. The fourth-order valence-corrected chi connectivity index (χ4v) is 1.61. The maximum atomic E-state index is 11.8. The predicted octanol–water partition coefficient (Wildman–Crippen LogP) is 2.60. The summed E-state index contributed by atoms with van der Waals surface area (Å²) in [6, 6.07) is 3.61. The largest absolute Gasteiger partial charge is 0.369 e. The minimum atomic E-state index is -0.418. The lowest BCUT2D eigenvalue weighted by Crippen LogP contribution is -2.30. The van der Waals surface area contributed by atoms with Crippen LogP contribution in [0.25, 0.3) is 0 Å². The Labute approximate surface area is 104 Å². The molecule has 0 fully saturated rings. The first-order chi connectivity index (χ1) is 7.69. The van der Waals surface area contributed by atoms with Gasteiger partial charge in [0.1, 0.15) is 11.9 Å². The molecule has 88 valence electrons. The van der Waals surface area contributed by atoms with Gasteiger partial charge in [0.15, 0.2) is 0 Å². The molecule has 16 heavy (non-hydrogen) atoms. The lowest BCUT2D eigenvalue weighted by molar-refractivity contribution is -0.127. The highest BCUT2D eigenvalue weighted by molar-refractivity contribution is 9.10. The number of nitrogens with one attached hydrogen (secondary N) is 1. The fourth-order valence-electron chi connectivity index (χ4n) is 1.25. The molecule has 0 saturated carbocycles. The maximum Gasteiger partial charge on any atom is 0.254 e. The zero-order valence-corrected chi connectivity index (χ0v) is 11.0. The minimum Gasteiger partial charge on any atom is -0.369 e. The van der Waals surface area contributed by atoms with E-state index in [1.165, 1.54) is 0 Å². The van der Waals surface area contributed by atoms with Gasteiger partial charge in [-0.2, -0.15) is 0 Å². The van der Waals surface area contributed by atoms with Crippen LogP contribution in [0.4, 0.5) is 5.82 Å². The fraction of sp³-hybridized carbons (Fsp3) is 0.455. The normalized spacial score (nSPS) is 12.2. The van der Waals surface area contributed by atoms with Gasteiger partial charge in [0, 0.05) is 12.8 Å². The van der Waals surface area contributed by atoms with Crippen molar-refractivity contribution in [2.45, 2.75) is 26.4 Å². The van der Waals surface area contributed by atoms with Crippen molar-refractivity contribution in [3.8, 4) is 0 Å². The number of anilines is 1. The number of hydrogen-bond donors (Lipinski definition) is 1. The van der Waals surface area contributed by atoms with E-state index in [0.29, 0.717) is 18.8 Å². The van der Waals surface area contributed by atoms with E-state index in [-0.39, 0.29) is 5.91 Å². The van der Waals surface area contributed by atoms with Crippen molar-refractivity contribution < 1.29 is 9.53 Å². The smallest absolute Gasteiger partial charge is 0.254 e. The van der Waals surface area contributed by atoms with Crippen molar-refractivity contribution in [2.75, 3.05) is 11.9 Å². The second kappa shape index (κ2) is 6.60. The summed E-state index contributed by atoms with van der Waals surface area (Å²) in [6.45, 7) is 4.30. The molecule has 1 rings (SSSR count). The Morgan fingerprint density at radius 3 is 2.94 bits per heavy atom. The SMILES string of the molecule is CCO[C@H](CC)C(=O)Nc1ncccc1Br. The molecule has 0 spiro atoms. The van der Waals surface area contributed by atoms with E-state index >= 15 is 0 Å². The number of aromatic nitrogens is 1. The highest BCUT2D eigenvalue weighted by atomic mass is 79.9. The van der Waals surface area contributed by atoms with Gasteiger partial charge in [0.2, 0.25) is 0 Å². The third-order valence-electron chi connectivity index (χ3n) is 2.03. The molecule has 4 nitrogen and oxygen atoms in total. The summed E-state index contributed by atoms with van der Waals surface area (Å²) in [4.78, 5) is 15.8. The Kier molecular flexibility index (Phi) is 5.42. The molecule has 0 radical (unpaired) electrons. The van der Waals surface area contributed by atoms with Crippen LogP contribution in [0.2, 0.25) is 0 Å². The Morgan fingerprint density at radius 2 is 2.38 bits per heavy atom. The lowest BCUT2D eigenvalue weighted by Gasteiger charge is -2.14. The van der Waals surface area contributed by atoms with Crippen LogP contribution in [0.3, 0.4) is 0 Å². The maximum absolute atomic E-state index is 11.8. The Morgan fingerprint density at radius 1 is 1.62 bits per heavy atom. The molecular weight excluding hydrogens is 272 g/mol. The molecule has 5 heteroatoms. The molecule has 0 aliphatic carbocycles. The summed E-state index contributed by atoms with van der Waals surface area (Å²) >= 11 is 3.32. The van der Waals surface area contributed by atoms with E-state index in [1.807, 2.05) is 19.9 Å². The Balaban J connectivity index is 2.66. The number of carbonyl (C=O) groups is 1. The number of ether oxygens (including phenoxy) is 1. The van der Waals surface area contributed by atoms with Gasteiger partial charge < -0.3 is 10.1 Å². The van der Waals surface area contributed by atoms with Gasteiger partial charge >= 0.3 is 0 Å². The average Bonchev–Trinajstić information content (AvgIpc) is 2.29. The molecule has 1 heterocycles. The summed E-state index contributed by atoms with van der Waals surface area (Å²) in [7, 11) is 0. The standard InChI is InChI=1S/C11H15BrN2O2/c1-3-9(16-4-2)11(15)14-10-8(12)6-5-7-13-10/h5-7,9H,3-4H2,1-2H3,(H,13,14,15)/t9-/m1/s1. The van der Waals surface area contributed by atoms with Crippen LogP contribution in [0.1, 0.15) is 20.3 Å². The van der Waals surface area contributed by atoms with Crippen molar-refractivity contribution >= 4 is 27.7 Å². The first-order valence-electron chi connectivity index (χ1n) is 5.22. The van der Waals surface area contributed by atoms with Crippen LogP contribution in [0, 0.1) is 0 Å². The molecular formula is C11H15BrN2O2. The van der Waals surface area contributed by atoms with Crippen molar-refractivity contribution in [2.24, 2.45) is 0 Å². The van der Waals surface area contributed by atoms with E-state index < -0.39 is 6.10 Å². The van der Waals surface area contributed by atoms with E-state index in [1.54, 1.807) is 12.3 Å². The van der Waals surface area contributed by atoms with Gasteiger partial charge in [-0.15, -0.1) is 0 Å². The molecule has 0 aromatic carbocycles. The highest BCUT2D eigenvalue weighted by Gasteiger charge is 2.17. The number of carbonyl (C=O) groups excluding carboxylic acids is 1. The number of hydrogen-bond acceptors (Lipinski definition) is 3. The average molecular weight is 287 g/mol. The van der Waals surface area contributed by atoms with Gasteiger partial charge in [-0.25, -0.2) is 4.98 Å². The van der Waals surface area contributed by atoms with Crippen LogP contribution in [0.15, 0.2) is 22.8 Å². The monoisotopic (exact) mass is 286 g/mol.